The third-order valence-electron chi connectivity index (χ3n) is 2.91. The predicted octanol–water partition coefficient (Wildman–Crippen LogP) is 2.97. The first-order valence-electron chi connectivity index (χ1n) is 5.88. The zero-order chi connectivity index (χ0) is 12.8. The molecule has 1 unspecified atom stereocenters. The highest BCUT2D eigenvalue weighted by atomic mass is 79.9. The summed E-state index contributed by atoms with van der Waals surface area (Å²) in [5.41, 5.74) is 3.28. The number of halogens is 1. The van der Waals surface area contributed by atoms with Crippen LogP contribution in [0.3, 0.4) is 0 Å². The van der Waals surface area contributed by atoms with Gasteiger partial charge >= 0.3 is 0 Å². The van der Waals surface area contributed by atoms with Crippen LogP contribution in [0.4, 0.5) is 0 Å². The van der Waals surface area contributed by atoms with Gasteiger partial charge in [0.1, 0.15) is 5.75 Å². The van der Waals surface area contributed by atoms with Crippen molar-refractivity contribution in [2.75, 3.05) is 12.4 Å². The number of ether oxygens (including phenoxy) is 1. The lowest BCUT2D eigenvalue weighted by atomic mass is 10.1. The van der Waals surface area contributed by atoms with Gasteiger partial charge in [0.05, 0.1) is 12.8 Å². The lowest BCUT2D eigenvalue weighted by molar-refractivity contribution is 0.406. The molecule has 0 saturated carbocycles. The molecule has 17 heavy (non-hydrogen) atoms. The van der Waals surface area contributed by atoms with Crippen LogP contribution in [0.15, 0.2) is 6.20 Å². The summed E-state index contributed by atoms with van der Waals surface area (Å²) in [4.78, 5) is 4.46. The Balaban J connectivity index is 2.72. The fourth-order valence-electron chi connectivity index (χ4n) is 1.79. The number of nitrogens with zero attached hydrogens (tertiary/aromatic N) is 1. The van der Waals surface area contributed by atoms with E-state index in [1.165, 1.54) is 0 Å². The summed E-state index contributed by atoms with van der Waals surface area (Å²) >= 11 is 3.45. The number of pyridine rings is 1. The van der Waals surface area contributed by atoms with Crippen molar-refractivity contribution in [3.63, 3.8) is 0 Å². The van der Waals surface area contributed by atoms with Crippen molar-refractivity contribution in [1.82, 2.24) is 10.3 Å². The maximum absolute atomic E-state index is 5.40. The van der Waals surface area contributed by atoms with Crippen molar-refractivity contribution in [3.8, 4) is 5.75 Å². The molecule has 0 fully saturated rings. The summed E-state index contributed by atoms with van der Waals surface area (Å²) in [7, 11) is 1.71. The third-order valence-corrected chi connectivity index (χ3v) is 3.37. The van der Waals surface area contributed by atoms with E-state index >= 15 is 0 Å². The molecule has 1 aromatic rings. The Labute approximate surface area is 112 Å². The highest BCUT2D eigenvalue weighted by Gasteiger charge is 2.10. The van der Waals surface area contributed by atoms with Crippen LogP contribution in [0.25, 0.3) is 0 Å². The Kier molecular flexibility index (Phi) is 5.92. The maximum atomic E-state index is 5.40. The van der Waals surface area contributed by atoms with E-state index in [-0.39, 0.29) is 0 Å². The zero-order valence-corrected chi connectivity index (χ0v) is 12.6. The number of methoxy groups -OCH3 is 1. The molecule has 0 spiro atoms. The van der Waals surface area contributed by atoms with Gasteiger partial charge in [-0.3, -0.25) is 4.98 Å². The SMILES string of the molecule is COc1c(C)cnc(CNC(C)CCBr)c1C. The van der Waals surface area contributed by atoms with Crippen LogP contribution in [-0.4, -0.2) is 23.5 Å². The first kappa shape index (κ1) is 14.5. The van der Waals surface area contributed by atoms with Crippen molar-refractivity contribution in [2.45, 2.75) is 39.8 Å². The minimum Gasteiger partial charge on any atom is -0.496 e. The van der Waals surface area contributed by atoms with E-state index in [0.29, 0.717) is 6.04 Å². The molecular formula is C13H21BrN2O. The van der Waals surface area contributed by atoms with Crippen molar-refractivity contribution >= 4 is 15.9 Å². The van der Waals surface area contributed by atoms with E-state index < -0.39 is 0 Å². The number of nitrogens with one attached hydrogen (secondary N) is 1. The lowest BCUT2D eigenvalue weighted by Gasteiger charge is -2.15. The summed E-state index contributed by atoms with van der Waals surface area (Å²) in [6, 6.07) is 0.489. The molecule has 1 rings (SSSR count). The van der Waals surface area contributed by atoms with Crippen molar-refractivity contribution in [1.29, 1.82) is 0 Å². The monoisotopic (exact) mass is 300 g/mol. The molecular weight excluding hydrogens is 280 g/mol. The van der Waals surface area contributed by atoms with Gasteiger partial charge in [-0.25, -0.2) is 0 Å². The lowest BCUT2D eigenvalue weighted by Crippen LogP contribution is -2.26. The van der Waals surface area contributed by atoms with E-state index in [1.54, 1.807) is 7.11 Å². The van der Waals surface area contributed by atoms with Crippen LogP contribution in [0.5, 0.6) is 5.75 Å². The molecule has 4 heteroatoms. The fourth-order valence-corrected chi connectivity index (χ4v) is 2.47. The Morgan fingerprint density at radius 3 is 2.76 bits per heavy atom. The Bertz CT molecular complexity index is 369. The second-order valence-corrected chi connectivity index (χ2v) is 5.10. The van der Waals surface area contributed by atoms with Gasteiger partial charge in [-0.2, -0.15) is 0 Å². The maximum Gasteiger partial charge on any atom is 0.128 e. The number of rotatable bonds is 6. The van der Waals surface area contributed by atoms with E-state index in [2.05, 4.69) is 40.1 Å². The molecule has 1 N–H and O–H groups in total. The molecule has 0 aliphatic carbocycles. The van der Waals surface area contributed by atoms with Gasteiger partial charge in [-0.1, -0.05) is 15.9 Å². The van der Waals surface area contributed by atoms with Gasteiger partial charge in [0.15, 0.2) is 0 Å². The highest BCUT2D eigenvalue weighted by Crippen LogP contribution is 2.23. The summed E-state index contributed by atoms with van der Waals surface area (Å²) in [5, 5.41) is 4.48. The largest absolute Gasteiger partial charge is 0.496 e. The van der Waals surface area contributed by atoms with E-state index in [1.807, 2.05) is 13.1 Å². The second-order valence-electron chi connectivity index (χ2n) is 4.31. The van der Waals surface area contributed by atoms with Crippen LogP contribution in [0.2, 0.25) is 0 Å². The quantitative estimate of drug-likeness (QED) is 0.820. The molecule has 96 valence electrons. The van der Waals surface area contributed by atoms with Gasteiger partial charge in [-0.05, 0) is 27.2 Å². The van der Waals surface area contributed by atoms with Gasteiger partial charge in [-0.15, -0.1) is 0 Å². The Morgan fingerprint density at radius 1 is 1.47 bits per heavy atom. The molecule has 3 nitrogen and oxygen atoms in total. The third kappa shape index (κ3) is 3.96. The smallest absolute Gasteiger partial charge is 0.128 e. The van der Waals surface area contributed by atoms with Gasteiger partial charge < -0.3 is 10.1 Å². The normalized spacial score (nSPS) is 12.5. The van der Waals surface area contributed by atoms with Crippen LogP contribution in [0.1, 0.15) is 30.2 Å². The molecule has 0 aliphatic heterocycles. The number of alkyl halides is 1. The highest BCUT2D eigenvalue weighted by molar-refractivity contribution is 9.09. The first-order chi connectivity index (χ1) is 8.10. The van der Waals surface area contributed by atoms with Gasteiger partial charge in [0.2, 0.25) is 0 Å². The topological polar surface area (TPSA) is 34.1 Å². The average Bonchev–Trinajstić information content (AvgIpc) is 2.29. The fraction of sp³-hybridized carbons (Fsp3) is 0.615. The molecule has 1 aromatic heterocycles. The number of hydrogen-bond donors (Lipinski definition) is 1. The zero-order valence-electron chi connectivity index (χ0n) is 11.0. The first-order valence-corrected chi connectivity index (χ1v) is 7.00. The standard InChI is InChI=1S/C13H21BrN2O/c1-9-7-16-12(11(3)13(9)17-4)8-15-10(2)5-6-14/h7,10,15H,5-6,8H2,1-4H3. The molecule has 0 aliphatic rings. The van der Waals surface area contributed by atoms with Gasteiger partial charge in [0.25, 0.3) is 0 Å². The van der Waals surface area contributed by atoms with Crippen molar-refractivity contribution < 1.29 is 4.74 Å². The number of aryl methyl sites for hydroxylation is 1. The molecule has 0 amide bonds. The van der Waals surface area contributed by atoms with Crippen molar-refractivity contribution in [2.24, 2.45) is 0 Å². The molecule has 0 radical (unpaired) electrons. The van der Waals surface area contributed by atoms with Gasteiger partial charge in [0, 0.05) is 35.2 Å². The van der Waals surface area contributed by atoms with E-state index in [9.17, 15) is 0 Å². The Morgan fingerprint density at radius 2 is 2.18 bits per heavy atom. The van der Waals surface area contributed by atoms with E-state index in [0.717, 1.165) is 40.9 Å². The molecule has 1 atom stereocenters. The predicted molar refractivity (Wildman–Crippen MR) is 75.0 cm³/mol. The van der Waals surface area contributed by atoms with Crippen molar-refractivity contribution in [3.05, 3.63) is 23.0 Å². The molecule has 0 aromatic carbocycles. The van der Waals surface area contributed by atoms with Crippen LogP contribution in [0, 0.1) is 13.8 Å². The van der Waals surface area contributed by atoms with E-state index in [4.69, 9.17) is 4.74 Å². The molecule has 0 saturated heterocycles. The second kappa shape index (κ2) is 6.97. The molecule has 1 heterocycles. The van der Waals surface area contributed by atoms with Crippen LogP contribution >= 0.6 is 15.9 Å². The molecule has 0 bridgehead atoms. The summed E-state index contributed by atoms with van der Waals surface area (Å²) in [6.07, 6.45) is 2.99. The van der Waals surface area contributed by atoms with Crippen LogP contribution < -0.4 is 10.1 Å². The summed E-state index contributed by atoms with van der Waals surface area (Å²) in [6.45, 7) is 7.05. The summed E-state index contributed by atoms with van der Waals surface area (Å²) < 4.78 is 5.40. The Hall–Kier alpha value is -0.610. The van der Waals surface area contributed by atoms with Crippen LogP contribution in [-0.2, 0) is 6.54 Å². The number of hydrogen-bond acceptors (Lipinski definition) is 3. The minimum atomic E-state index is 0.489. The average molecular weight is 301 g/mol. The minimum absolute atomic E-state index is 0.489. The number of aromatic nitrogens is 1. The summed E-state index contributed by atoms with van der Waals surface area (Å²) in [5.74, 6) is 0.949.